The van der Waals surface area contributed by atoms with Crippen LogP contribution in [-0.4, -0.2) is 47.1 Å². The van der Waals surface area contributed by atoms with Gasteiger partial charge in [-0.1, -0.05) is 12.1 Å². The van der Waals surface area contributed by atoms with Crippen LogP contribution in [0.4, 0.5) is 19.3 Å². The van der Waals surface area contributed by atoms with Crippen molar-refractivity contribution >= 4 is 23.3 Å². The van der Waals surface area contributed by atoms with Crippen LogP contribution in [0.15, 0.2) is 41.5 Å². The quantitative estimate of drug-likeness (QED) is 0.762. The molecule has 2 unspecified atom stereocenters. The van der Waals surface area contributed by atoms with Crippen LogP contribution in [0.5, 0.6) is 0 Å². The lowest BCUT2D eigenvalue weighted by Gasteiger charge is -2.41. The average Bonchev–Trinajstić information content (AvgIpc) is 2.94. The molecule has 0 radical (unpaired) electrons. The monoisotopic (exact) mass is 397 g/mol. The summed E-state index contributed by atoms with van der Waals surface area (Å²) in [5.41, 5.74) is 5.90. The van der Waals surface area contributed by atoms with Crippen molar-refractivity contribution in [1.82, 2.24) is 15.2 Å². The van der Waals surface area contributed by atoms with Gasteiger partial charge in [-0.15, -0.1) is 0 Å². The molecule has 2 aromatic carbocycles. The molecular formula is C20H17F2N5O2. The number of amides is 3. The number of halogens is 2. The van der Waals surface area contributed by atoms with Crippen LogP contribution in [0, 0.1) is 11.6 Å². The number of imide groups is 1. The highest BCUT2D eigenvalue weighted by atomic mass is 19.1. The first-order chi connectivity index (χ1) is 13.9. The van der Waals surface area contributed by atoms with E-state index in [0.717, 1.165) is 0 Å². The zero-order valence-corrected chi connectivity index (χ0v) is 15.4. The molecule has 0 aromatic heterocycles. The summed E-state index contributed by atoms with van der Waals surface area (Å²) in [6.07, 6.45) is 0. The van der Waals surface area contributed by atoms with Crippen molar-refractivity contribution in [2.24, 2.45) is 5.10 Å². The number of urea groups is 1. The van der Waals surface area contributed by atoms with Gasteiger partial charge in [0.2, 0.25) is 0 Å². The number of carbonyl (C=O) groups is 2. The predicted molar refractivity (Wildman–Crippen MR) is 101 cm³/mol. The minimum Gasteiger partial charge on any atom is -0.375 e. The van der Waals surface area contributed by atoms with Crippen molar-refractivity contribution in [3.05, 3.63) is 64.7 Å². The van der Waals surface area contributed by atoms with E-state index >= 15 is 0 Å². The first kappa shape index (κ1) is 17.6. The Morgan fingerprint density at radius 1 is 1.10 bits per heavy atom. The topological polar surface area (TPSA) is 77.0 Å². The second-order valence-corrected chi connectivity index (χ2v) is 7.34. The average molecular weight is 397 g/mol. The normalized spacial score (nSPS) is 22.8. The van der Waals surface area contributed by atoms with Crippen molar-refractivity contribution in [1.29, 1.82) is 0 Å². The van der Waals surface area contributed by atoms with Crippen LogP contribution in [-0.2, 0) is 11.3 Å². The number of hydrazone groups is 1. The molecule has 0 spiro atoms. The summed E-state index contributed by atoms with van der Waals surface area (Å²) in [5, 5.41) is 7.67. The third-order valence-electron chi connectivity index (χ3n) is 5.50. The van der Waals surface area contributed by atoms with Gasteiger partial charge in [-0.05, 0) is 35.4 Å². The largest absolute Gasteiger partial charge is 0.375 e. The Balaban J connectivity index is 1.71. The van der Waals surface area contributed by atoms with Crippen molar-refractivity contribution in [2.45, 2.75) is 18.6 Å². The lowest BCUT2D eigenvalue weighted by Crippen LogP contribution is -2.54. The maximum absolute atomic E-state index is 14.2. The van der Waals surface area contributed by atoms with Gasteiger partial charge in [0.1, 0.15) is 24.2 Å². The number of nitrogens with one attached hydrogen (secondary N) is 2. The van der Waals surface area contributed by atoms with Gasteiger partial charge in [-0.2, -0.15) is 5.10 Å². The fourth-order valence-electron chi connectivity index (χ4n) is 4.22. The smallest absolute Gasteiger partial charge is 0.327 e. The van der Waals surface area contributed by atoms with Crippen molar-refractivity contribution < 1.29 is 18.4 Å². The van der Waals surface area contributed by atoms with Gasteiger partial charge in [0, 0.05) is 18.3 Å². The standard InChI is InChI=1S/C20H17F2N5O2/c1-26-9-15(28)27(20(26)29)19-17(10-2-4-12(21)5-3-10)24-14-7-13(22)6-11-8-23-25-18(19)16(11)14/h2-7,17,19,23-24H,8-9H2,1H3. The second kappa shape index (κ2) is 6.26. The van der Waals surface area contributed by atoms with Crippen LogP contribution in [0.2, 0.25) is 0 Å². The molecule has 2 atom stereocenters. The third-order valence-corrected chi connectivity index (χ3v) is 5.50. The highest BCUT2D eigenvalue weighted by molar-refractivity contribution is 6.16. The molecule has 7 nitrogen and oxygen atoms in total. The van der Waals surface area contributed by atoms with Gasteiger partial charge in [-0.25, -0.2) is 13.6 Å². The number of anilines is 1. The summed E-state index contributed by atoms with van der Waals surface area (Å²) in [6, 6.07) is 6.74. The number of hydrogen-bond donors (Lipinski definition) is 2. The fourth-order valence-corrected chi connectivity index (χ4v) is 4.22. The van der Waals surface area contributed by atoms with E-state index in [-0.39, 0.29) is 12.5 Å². The Morgan fingerprint density at radius 2 is 1.86 bits per heavy atom. The molecule has 3 aliphatic rings. The van der Waals surface area contributed by atoms with Crippen LogP contribution in [0.25, 0.3) is 0 Å². The molecular weight excluding hydrogens is 380 g/mol. The van der Waals surface area contributed by atoms with E-state index in [1.807, 2.05) is 0 Å². The van der Waals surface area contributed by atoms with Crippen LogP contribution in [0.3, 0.4) is 0 Å². The molecule has 0 bridgehead atoms. The number of hydrogen-bond acceptors (Lipinski definition) is 5. The number of carbonyl (C=O) groups excluding carboxylic acids is 2. The van der Waals surface area contributed by atoms with E-state index in [1.54, 1.807) is 19.2 Å². The molecule has 2 N–H and O–H groups in total. The van der Waals surface area contributed by atoms with Gasteiger partial charge in [0.05, 0.1) is 18.3 Å². The maximum atomic E-state index is 14.2. The Labute approximate surface area is 165 Å². The number of nitrogens with zero attached hydrogens (tertiary/aromatic N) is 3. The van der Waals surface area contributed by atoms with E-state index in [2.05, 4.69) is 15.8 Å². The molecule has 1 fully saturated rings. The maximum Gasteiger partial charge on any atom is 0.327 e. The Kier molecular flexibility index (Phi) is 3.80. The Bertz CT molecular complexity index is 1070. The third kappa shape index (κ3) is 2.65. The van der Waals surface area contributed by atoms with Crippen molar-refractivity contribution in [3.63, 3.8) is 0 Å². The number of benzene rings is 2. The molecule has 3 heterocycles. The molecule has 29 heavy (non-hydrogen) atoms. The van der Waals surface area contributed by atoms with E-state index in [0.29, 0.717) is 34.6 Å². The lowest BCUT2D eigenvalue weighted by molar-refractivity contribution is -0.126. The number of rotatable bonds is 2. The highest BCUT2D eigenvalue weighted by Crippen LogP contribution is 2.40. The van der Waals surface area contributed by atoms with Crippen LogP contribution in [0.1, 0.15) is 22.7 Å². The first-order valence-corrected chi connectivity index (χ1v) is 9.16. The molecule has 3 amide bonds. The molecule has 0 aliphatic carbocycles. The summed E-state index contributed by atoms with van der Waals surface area (Å²) in [5.74, 6) is -1.16. The number of likely N-dealkylation sites (N-methyl/N-ethyl adjacent to an activating group) is 1. The van der Waals surface area contributed by atoms with Crippen LogP contribution < -0.4 is 10.7 Å². The summed E-state index contributed by atoms with van der Waals surface area (Å²) >= 11 is 0. The fraction of sp³-hybridized carbons (Fsp3) is 0.250. The summed E-state index contributed by atoms with van der Waals surface area (Å²) < 4.78 is 27.7. The molecule has 5 rings (SSSR count). The molecule has 1 saturated heterocycles. The molecule has 3 aliphatic heterocycles. The SMILES string of the molecule is CN1CC(=O)N(C2C3=NNCc4cc(F)cc(c43)NC2c2ccc(F)cc2)C1=O. The lowest BCUT2D eigenvalue weighted by atomic mass is 9.83. The summed E-state index contributed by atoms with van der Waals surface area (Å²) in [7, 11) is 1.55. The summed E-state index contributed by atoms with van der Waals surface area (Å²) in [4.78, 5) is 28.0. The Hall–Kier alpha value is -3.49. The Morgan fingerprint density at radius 3 is 2.55 bits per heavy atom. The van der Waals surface area contributed by atoms with E-state index in [1.165, 1.54) is 34.1 Å². The van der Waals surface area contributed by atoms with Gasteiger partial charge < -0.3 is 15.6 Å². The van der Waals surface area contributed by atoms with E-state index in [9.17, 15) is 18.4 Å². The van der Waals surface area contributed by atoms with Gasteiger partial charge in [0.25, 0.3) is 5.91 Å². The minimum absolute atomic E-state index is 0.0324. The zero-order valence-electron chi connectivity index (χ0n) is 15.4. The van der Waals surface area contributed by atoms with E-state index in [4.69, 9.17) is 0 Å². The molecule has 0 saturated carbocycles. The highest BCUT2D eigenvalue weighted by Gasteiger charge is 2.48. The first-order valence-electron chi connectivity index (χ1n) is 9.16. The van der Waals surface area contributed by atoms with Crippen molar-refractivity contribution in [3.8, 4) is 0 Å². The van der Waals surface area contributed by atoms with E-state index < -0.39 is 29.7 Å². The van der Waals surface area contributed by atoms with Gasteiger partial charge in [-0.3, -0.25) is 9.69 Å². The second-order valence-electron chi connectivity index (χ2n) is 7.34. The predicted octanol–water partition coefficient (Wildman–Crippen LogP) is 2.20. The van der Waals surface area contributed by atoms with Gasteiger partial charge in [0.15, 0.2) is 0 Å². The van der Waals surface area contributed by atoms with Gasteiger partial charge >= 0.3 is 6.03 Å². The summed E-state index contributed by atoms with van der Waals surface area (Å²) in [6.45, 7) is 0.302. The van der Waals surface area contributed by atoms with Crippen LogP contribution >= 0.6 is 0 Å². The van der Waals surface area contributed by atoms with Crippen molar-refractivity contribution in [2.75, 3.05) is 18.9 Å². The molecule has 148 valence electrons. The molecule has 9 heteroatoms. The zero-order chi connectivity index (χ0) is 20.3. The minimum atomic E-state index is -0.769. The molecule has 2 aromatic rings.